The van der Waals surface area contributed by atoms with Gasteiger partial charge in [-0.2, -0.15) is 0 Å². The molecule has 0 aliphatic carbocycles. The second-order valence-electron chi connectivity index (χ2n) is 4.67. The summed E-state index contributed by atoms with van der Waals surface area (Å²) in [5.41, 5.74) is 1.71. The highest BCUT2D eigenvalue weighted by Crippen LogP contribution is 2.11. The maximum absolute atomic E-state index is 11.6. The third kappa shape index (κ3) is 4.06. The molecule has 5 nitrogen and oxygen atoms in total. The average molecular weight is 262 g/mol. The number of aryl methyl sites for hydroxylation is 1. The van der Waals surface area contributed by atoms with Crippen molar-refractivity contribution in [3.63, 3.8) is 0 Å². The van der Waals surface area contributed by atoms with Crippen molar-refractivity contribution in [1.82, 2.24) is 5.32 Å². The SMILES string of the molecule is Cc1ccc(NC(=O)C(=O)NC[C@@H]2CCCO2)cc1. The summed E-state index contributed by atoms with van der Waals surface area (Å²) in [4.78, 5) is 23.2. The zero-order valence-corrected chi connectivity index (χ0v) is 10.9. The molecule has 1 atom stereocenters. The Bertz CT molecular complexity index is 450. The Kier molecular flexibility index (Phi) is 4.52. The van der Waals surface area contributed by atoms with E-state index in [-0.39, 0.29) is 6.10 Å². The van der Waals surface area contributed by atoms with Crippen LogP contribution >= 0.6 is 0 Å². The summed E-state index contributed by atoms with van der Waals surface area (Å²) >= 11 is 0. The molecule has 0 saturated carbocycles. The molecule has 19 heavy (non-hydrogen) atoms. The third-order valence-electron chi connectivity index (χ3n) is 3.03. The second kappa shape index (κ2) is 6.33. The number of hydrogen-bond donors (Lipinski definition) is 2. The first-order valence-electron chi connectivity index (χ1n) is 6.42. The summed E-state index contributed by atoms with van der Waals surface area (Å²) in [5, 5.41) is 5.13. The van der Waals surface area contributed by atoms with Crippen LogP contribution in [0.1, 0.15) is 18.4 Å². The highest BCUT2D eigenvalue weighted by atomic mass is 16.5. The fraction of sp³-hybridized carbons (Fsp3) is 0.429. The minimum atomic E-state index is -0.651. The molecule has 1 aromatic rings. The minimum absolute atomic E-state index is 0.0381. The maximum Gasteiger partial charge on any atom is 0.313 e. The Morgan fingerprint density at radius 2 is 2.00 bits per heavy atom. The van der Waals surface area contributed by atoms with E-state index in [9.17, 15) is 9.59 Å². The van der Waals surface area contributed by atoms with Gasteiger partial charge in [0.2, 0.25) is 0 Å². The molecule has 1 fully saturated rings. The van der Waals surface area contributed by atoms with Crippen LogP contribution in [-0.4, -0.2) is 31.1 Å². The van der Waals surface area contributed by atoms with Crippen LogP contribution in [0.3, 0.4) is 0 Å². The van der Waals surface area contributed by atoms with Gasteiger partial charge in [0.15, 0.2) is 0 Å². The lowest BCUT2D eigenvalue weighted by atomic mass is 10.2. The number of carbonyl (C=O) groups excluding carboxylic acids is 2. The van der Waals surface area contributed by atoms with E-state index in [0.717, 1.165) is 25.0 Å². The summed E-state index contributed by atoms with van der Waals surface area (Å²) in [5.74, 6) is -1.28. The largest absolute Gasteiger partial charge is 0.376 e. The standard InChI is InChI=1S/C14H18N2O3/c1-10-4-6-11(7-5-10)16-14(18)13(17)15-9-12-3-2-8-19-12/h4-7,12H,2-3,8-9H2,1H3,(H,15,17)(H,16,18)/t12-/m0/s1. The van der Waals surface area contributed by atoms with Crippen LogP contribution in [0, 0.1) is 6.92 Å². The molecule has 0 spiro atoms. The molecule has 0 bridgehead atoms. The number of hydrogen-bond acceptors (Lipinski definition) is 3. The van der Waals surface area contributed by atoms with Gasteiger partial charge in [0.05, 0.1) is 6.10 Å². The maximum atomic E-state index is 11.6. The van der Waals surface area contributed by atoms with Gasteiger partial charge in [0.25, 0.3) is 0 Å². The number of carbonyl (C=O) groups is 2. The molecule has 0 unspecified atom stereocenters. The van der Waals surface area contributed by atoms with Crippen LogP contribution in [0.15, 0.2) is 24.3 Å². The van der Waals surface area contributed by atoms with Gasteiger partial charge in [0.1, 0.15) is 0 Å². The van der Waals surface area contributed by atoms with Crippen LogP contribution < -0.4 is 10.6 Å². The monoisotopic (exact) mass is 262 g/mol. The molecule has 1 heterocycles. The zero-order chi connectivity index (χ0) is 13.7. The summed E-state index contributed by atoms with van der Waals surface area (Å²) in [7, 11) is 0. The van der Waals surface area contributed by atoms with E-state index in [4.69, 9.17) is 4.74 Å². The summed E-state index contributed by atoms with van der Waals surface area (Å²) < 4.78 is 5.37. The Balaban J connectivity index is 1.78. The fourth-order valence-electron chi connectivity index (χ4n) is 1.92. The summed E-state index contributed by atoms with van der Waals surface area (Å²) in [6.07, 6.45) is 1.98. The van der Waals surface area contributed by atoms with Crippen molar-refractivity contribution in [3.05, 3.63) is 29.8 Å². The van der Waals surface area contributed by atoms with E-state index in [1.165, 1.54) is 0 Å². The van der Waals surface area contributed by atoms with Gasteiger partial charge in [-0.3, -0.25) is 9.59 Å². The molecule has 2 N–H and O–H groups in total. The lowest BCUT2D eigenvalue weighted by molar-refractivity contribution is -0.136. The first-order valence-corrected chi connectivity index (χ1v) is 6.42. The molecule has 1 aromatic carbocycles. The number of amides is 2. The van der Waals surface area contributed by atoms with E-state index < -0.39 is 11.8 Å². The van der Waals surface area contributed by atoms with Crippen LogP contribution in [0.5, 0.6) is 0 Å². The number of rotatable bonds is 3. The van der Waals surface area contributed by atoms with E-state index in [2.05, 4.69) is 10.6 Å². The van der Waals surface area contributed by atoms with Crippen molar-refractivity contribution >= 4 is 17.5 Å². The normalized spacial score (nSPS) is 18.1. The summed E-state index contributed by atoms with van der Waals surface area (Å²) in [6, 6.07) is 7.28. The Labute approximate surface area is 112 Å². The number of benzene rings is 1. The summed E-state index contributed by atoms with van der Waals surface area (Å²) in [6.45, 7) is 3.08. The van der Waals surface area contributed by atoms with E-state index in [1.807, 2.05) is 19.1 Å². The van der Waals surface area contributed by atoms with Gasteiger partial charge < -0.3 is 15.4 Å². The molecule has 5 heteroatoms. The van der Waals surface area contributed by atoms with Crippen molar-refractivity contribution in [2.24, 2.45) is 0 Å². The molecule has 0 aromatic heterocycles. The average Bonchev–Trinajstić information content (AvgIpc) is 2.91. The number of anilines is 1. The second-order valence-corrected chi connectivity index (χ2v) is 4.67. The van der Waals surface area contributed by atoms with Crippen molar-refractivity contribution in [2.45, 2.75) is 25.9 Å². The molecular formula is C14H18N2O3. The third-order valence-corrected chi connectivity index (χ3v) is 3.03. The van der Waals surface area contributed by atoms with Crippen molar-refractivity contribution in [3.8, 4) is 0 Å². The first kappa shape index (κ1) is 13.5. The predicted molar refractivity (Wildman–Crippen MR) is 71.8 cm³/mol. The topological polar surface area (TPSA) is 67.4 Å². The highest BCUT2D eigenvalue weighted by Gasteiger charge is 2.19. The number of ether oxygens (including phenoxy) is 1. The van der Waals surface area contributed by atoms with Gasteiger partial charge >= 0.3 is 11.8 Å². The van der Waals surface area contributed by atoms with Gasteiger partial charge in [-0.15, -0.1) is 0 Å². The van der Waals surface area contributed by atoms with Crippen LogP contribution in [0.25, 0.3) is 0 Å². The Morgan fingerprint density at radius 3 is 2.63 bits per heavy atom. The van der Waals surface area contributed by atoms with Gasteiger partial charge in [0, 0.05) is 18.8 Å². The first-order chi connectivity index (χ1) is 9.15. The fourth-order valence-corrected chi connectivity index (χ4v) is 1.92. The molecule has 1 aliphatic heterocycles. The van der Waals surface area contributed by atoms with Gasteiger partial charge in [-0.1, -0.05) is 17.7 Å². The Hall–Kier alpha value is -1.88. The van der Waals surface area contributed by atoms with Crippen LogP contribution in [0.4, 0.5) is 5.69 Å². The molecule has 2 rings (SSSR count). The Morgan fingerprint density at radius 1 is 1.26 bits per heavy atom. The molecular weight excluding hydrogens is 244 g/mol. The molecule has 1 saturated heterocycles. The zero-order valence-electron chi connectivity index (χ0n) is 10.9. The smallest absolute Gasteiger partial charge is 0.313 e. The van der Waals surface area contributed by atoms with Gasteiger partial charge in [-0.05, 0) is 31.9 Å². The van der Waals surface area contributed by atoms with Crippen molar-refractivity contribution in [1.29, 1.82) is 0 Å². The van der Waals surface area contributed by atoms with Crippen molar-refractivity contribution in [2.75, 3.05) is 18.5 Å². The van der Waals surface area contributed by atoms with Crippen molar-refractivity contribution < 1.29 is 14.3 Å². The quantitative estimate of drug-likeness (QED) is 0.805. The molecule has 0 radical (unpaired) electrons. The predicted octanol–water partition coefficient (Wildman–Crippen LogP) is 1.23. The van der Waals surface area contributed by atoms with E-state index >= 15 is 0 Å². The highest BCUT2D eigenvalue weighted by molar-refractivity contribution is 6.39. The minimum Gasteiger partial charge on any atom is -0.376 e. The van der Waals surface area contributed by atoms with Crippen LogP contribution in [0.2, 0.25) is 0 Å². The van der Waals surface area contributed by atoms with E-state index in [1.54, 1.807) is 12.1 Å². The van der Waals surface area contributed by atoms with Gasteiger partial charge in [-0.25, -0.2) is 0 Å². The lowest BCUT2D eigenvalue weighted by Gasteiger charge is -2.10. The van der Waals surface area contributed by atoms with E-state index in [0.29, 0.717) is 12.2 Å². The number of nitrogens with one attached hydrogen (secondary N) is 2. The molecule has 1 aliphatic rings. The lowest BCUT2D eigenvalue weighted by Crippen LogP contribution is -2.39. The molecule has 2 amide bonds. The molecule has 102 valence electrons. The van der Waals surface area contributed by atoms with Crippen LogP contribution in [-0.2, 0) is 14.3 Å².